The Balaban J connectivity index is 2.04. The van der Waals surface area contributed by atoms with Crippen LogP contribution in [0.4, 0.5) is 0 Å². The molecule has 0 radical (unpaired) electrons. The van der Waals surface area contributed by atoms with Crippen molar-refractivity contribution in [2.45, 2.75) is 24.3 Å². The lowest BCUT2D eigenvalue weighted by Crippen LogP contribution is -2.37. The molecule has 2 rings (SSSR count). The zero-order valence-electron chi connectivity index (χ0n) is 10.2. The van der Waals surface area contributed by atoms with Crippen LogP contribution in [-0.2, 0) is 4.79 Å². The second-order valence-electron chi connectivity index (χ2n) is 4.45. The fourth-order valence-electron chi connectivity index (χ4n) is 2.17. The zero-order valence-corrected chi connectivity index (χ0v) is 11.1. The highest BCUT2D eigenvalue weighted by atomic mass is 32.1. The van der Waals surface area contributed by atoms with Crippen molar-refractivity contribution < 1.29 is 9.59 Å². The number of amides is 2. The van der Waals surface area contributed by atoms with Crippen LogP contribution in [0.2, 0.25) is 0 Å². The number of benzene rings is 1. The molecule has 1 fully saturated rings. The van der Waals surface area contributed by atoms with Crippen LogP contribution >= 0.6 is 12.6 Å². The van der Waals surface area contributed by atoms with Crippen LogP contribution in [-0.4, -0.2) is 35.8 Å². The third kappa shape index (κ3) is 2.85. The molecular weight excluding hydrogens is 248 g/mol. The molecule has 0 saturated carbocycles. The summed E-state index contributed by atoms with van der Waals surface area (Å²) in [5.41, 5.74) is 0.615. The maximum atomic E-state index is 12.3. The van der Waals surface area contributed by atoms with Gasteiger partial charge < -0.3 is 10.2 Å². The van der Waals surface area contributed by atoms with Crippen molar-refractivity contribution in [2.75, 3.05) is 13.1 Å². The van der Waals surface area contributed by atoms with Gasteiger partial charge in [-0.15, -0.1) is 12.6 Å². The fraction of sp³-hybridized carbons (Fsp3) is 0.385. The molecule has 0 bridgehead atoms. The average molecular weight is 264 g/mol. The molecule has 1 aliphatic heterocycles. The monoisotopic (exact) mass is 264 g/mol. The molecule has 0 aliphatic carbocycles. The van der Waals surface area contributed by atoms with Gasteiger partial charge in [0.15, 0.2) is 0 Å². The smallest absolute Gasteiger partial charge is 0.255 e. The number of nitrogens with zero attached hydrogens (tertiary/aromatic N) is 1. The highest BCUT2D eigenvalue weighted by molar-refractivity contribution is 7.80. The minimum Gasteiger partial charge on any atom is -0.352 e. The Hall–Kier alpha value is -1.49. The van der Waals surface area contributed by atoms with Crippen LogP contribution in [0.15, 0.2) is 29.2 Å². The Morgan fingerprint density at radius 1 is 1.39 bits per heavy atom. The van der Waals surface area contributed by atoms with Gasteiger partial charge in [-0.05, 0) is 18.6 Å². The quantitative estimate of drug-likeness (QED) is 0.792. The maximum Gasteiger partial charge on any atom is 0.255 e. The van der Waals surface area contributed by atoms with Gasteiger partial charge in [-0.2, -0.15) is 0 Å². The van der Waals surface area contributed by atoms with Crippen LogP contribution < -0.4 is 5.32 Å². The summed E-state index contributed by atoms with van der Waals surface area (Å²) in [6, 6.07) is 7.32. The number of likely N-dealkylation sites (tertiary alicyclic amines) is 1. The molecular formula is C13H16N2O2S. The van der Waals surface area contributed by atoms with E-state index in [4.69, 9.17) is 0 Å². The van der Waals surface area contributed by atoms with Gasteiger partial charge in [0.1, 0.15) is 0 Å². The van der Waals surface area contributed by atoms with Crippen molar-refractivity contribution in [1.29, 1.82) is 0 Å². The number of nitrogens with one attached hydrogen (secondary N) is 1. The van der Waals surface area contributed by atoms with Crippen molar-refractivity contribution in [1.82, 2.24) is 10.2 Å². The summed E-state index contributed by atoms with van der Waals surface area (Å²) in [6.07, 6.45) is 0.806. The normalized spacial score (nSPS) is 18.8. The third-order valence-corrected chi connectivity index (χ3v) is 3.41. The zero-order chi connectivity index (χ0) is 13.1. The first kappa shape index (κ1) is 13.0. The molecule has 1 saturated heterocycles. The van der Waals surface area contributed by atoms with Crippen molar-refractivity contribution >= 4 is 24.4 Å². The summed E-state index contributed by atoms with van der Waals surface area (Å²) in [4.78, 5) is 25.7. The van der Waals surface area contributed by atoms with E-state index in [0.717, 1.165) is 6.42 Å². The van der Waals surface area contributed by atoms with Gasteiger partial charge in [0.25, 0.3) is 5.91 Å². The third-order valence-electron chi connectivity index (χ3n) is 3.02. The van der Waals surface area contributed by atoms with Gasteiger partial charge in [0.05, 0.1) is 5.56 Å². The molecule has 4 nitrogen and oxygen atoms in total. The summed E-state index contributed by atoms with van der Waals surface area (Å²) in [7, 11) is 0. The highest BCUT2D eigenvalue weighted by Crippen LogP contribution is 2.18. The van der Waals surface area contributed by atoms with E-state index in [9.17, 15) is 9.59 Å². The van der Waals surface area contributed by atoms with E-state index in [-0.39, 0.29) is 17.9 Å². The average Bonchev–Trinajstić information content (AvgIpc) is 2.76. The predicted octanol–water partition coefficient (Wildman–Crippen LogP) is 1.33. The molecule has 1 aliphatic rings. The van der Waals surface area contributed by atoms with Crippen LogP contribution in [0, 0.1) is 0 Å². The number of hydrogen-bond acceptors (Lipinski definition) is 3. The Labute approximate surface area is 112 Å². The Morgan fingerprint density at radius 3 is 2.78 bits per heavy atom. The minimum atomic E-state index is -0.0519. The Kier molecular flexibility index (Phi) is 3.91. The molecule has 96 valence electrons. The van der Waals surface area contributed by atoms with E-state index in [1.165, 1.54) is 6.92 Å². The van der Waals surface area contributed by atoms with Crippen molar-refractivity contribution in [2.24, 2.45) is 0 Å². The molecule has 1 unspecified atom stereocenters. The van der Waals surface area contributed by atoms with Gasteiger partial charge >= 0.3 is 0 Å². The lowest BCUT2D eigenvalue weighted by molar-refractivity contribution is -0.119. The Bertz CT molecular complexity index is 476. The molecule has 0 aromatic heterocycles. The van der Waals surface area contributed by atoms with Gasteiger partial charge in [-0.25, -0.2) is 0 Å². The molecule has 1 N–H and O–H groups in total. The Morgan fingerprint density at radius 2 is 2.11 bits per heavy atom. The van der Waals surface area contributed by atoms with Crippen molar-refractivity contribution in [3.05, 3.63) is 29.8 Å². The van der Waals surface area contributed by atoms with E-state index < -0.39 is 0 Å². The number of thiol groups is 1. The molecule has 5 heteroatoms. The second-order valence-corrected chi connectivity index (χ2v) is 4.94. The van der Waals surface area contributed by atoms with Crippen LogP contribution in [0.5, 0.6) is 0 Å². The minimum absolute atomic E-state index is 0.0200. The summed E-state index contributed by atoms with van der Waals surface area (Å²) >= 11 is 4.29. The first-order valence-corrected chi connectivity index (χ1v) is 6.37. The molecule has 1 heterocycles. The topological polar surface area (TPSA) is 49.4 Å². The SMILES string of the molecule is CC(=O)NC1CCN(C(=O)c2ccccc2S)C1. The molecule has 2 amide bonds. The summed E-state index contributed by atoms with van der Waals surface area (Å²) in [5, 5.41) is 2.84. The fourth-order valence-corrected chi connectivity index (χ4v) is 2.43. The summed E-state index contributed by atoms with van der Waals surface area (Å²) < 4.78 is 0. The van der Waals surface area contributed by atoms with E-state index >= 15 is 0 Å². The predicted molar refractivity (Wildman–Crippen MR) is 71.8 cm³/mol. The molecule has 1 aromatic carbocycles. The molecule has 0 spiro atoms. The maximum absolute atomic E-state index is 12.3. The van der Waals surface area contributed by atoms with Crippen LogP contribution in [0.3, 0.4) is 0 Å². The lowest BCUT2D eigenvalue weighted by Gasteiger charge is -2.17. The largest absolute Gasteiger partial charge is 0.352 e. The van der Waals surface area contributed by atoms with Gasteiger partial charge in [-0.1, -0.05) is 12.1 Å². The lowest BCUT2D eigenvalue weighted by atomic mass is 10.2. The van der Waals surface area contributed by atoms with Gasteiger partial charge in [0.2, 0.25) is 5.91 Å². The molecule has 18 heavy (non-hydrogen) atoms. The van der Waals surface area contributed by atoms with E-state index in [1.54, 1.807) is 17.0 Å². The summed E-state index contributed by atoms with van der Waals surface area (Å²) in [5.74, 6) is -0.0719. The first-order chi connectivity index (χ1) is 8.58. The van der Waals surface area contributed by atoms with Crippen LogP contribution in [0.25, 0.3) is 0 Å². The van der Waals surface area contributed by atoms with Crippen LogP contribution in [0.1, 0.15) is 23.7 Å². The number of carbonyl (C=O) groups is 2. The number of carbonyl (C=O) groups excluding carboxylic acids is 2. The van der Waals surface area contributed by atoms with Crippen molar-refractivity contribution in [3.8, 4) is 0 Å². The van der Waals surface area contributed by atoms with E-state index in [1.807, 2.05) is 12.1 Å². The number of rotatable bonds is 2. The van der Waals surface area contributed by atoms with Crippen molar-refractivity contribution in [3.63, 3.8) is 0 Å². The molecule has 1 aromatic rings. The first-order valence-electron chi connectivity index (χ1n) is 5.92. The standard InChI is InChI=1S/C13H16N2O2S/c1-9(16)14-10-6-7-15(8-10)13(17)11-4-2-3-5-12(11)18/h2-5,10,18H,6-8H2,1H3,(H,14,16). The number of hydrogen-bond donors (Lipinski definition) is 2. The molecule has 1 atom stereocenters. The van der Waals surface area contributed by atoms with E-state index in [0.29, 0.717) is 23.5 Å². The van der Waals surface area contributed by atoms with E-state index in [2.05, 4.69) is 17.9 Å². The van der Waals surface area contributed by atoms with Gasteiger partial charge in [-0.3, -0.25) is 9.59 Å². The highest BCUT2D eigenvalue weighted by Gasteiger charge is 2.27. The summed E-state index contributed by atoms with van der Waals surface area (Å²) in [6.45, 7) is 2.74. The second kappa shape index (κ2) is 5.44. The van der Waals surface area contributed by atoms with Gasteiger partial charge in [0, 0.05) is 31.0 Å².